The standard InChI is InChI=1S/C17H22N2O2/c1-17(2,3)9-8-12-6-7-14-13(16(20)21)10-18-19(14)15(12)11-4-5-11/h6-7,10-11H,4-5,8-9H2,1-3H3,(H,20,21). The minimum absolute atomic E-state index is 0.291. The highest BCUT2D eigenvalue weighted by atomic mass is 16.4. The molecule has 0 radical (unpaired) electrons. The third-order valence-corrected chi connectivity index (χ3v) is 4.14. The van der Waals surface area contributed by atoms with Crippen molar-refractivity contribution in [2.45, 2.75) is 52.4 Å². The topological polar surface area (TPSA) is 54.6 Å². The Morgan fingerprint density at radius 3 is 2.67 bits per heavy atom. The maximum Gasteiger partial charge on any atom is 0.339 e. The van der Waals surface area contributed by atoms with Crippen LogP contribution in [0.4, 0.5) is 0 Å². The van der Waals surface area contributed by atoms with Crippen molar-refractivity contribution in [3.05, 3.63) is 35.2 Å². The molecule has 2 heterocycles. The summed E-state index contributed by atoms with van der Waals surface area (Å²) in [6, 6.07) is 4.00. The fourth-order valence-electron chi connectivity index (χ4n) is 2.79. The number of carboxylic acid groups (broad SMARTS) is 1. The number of aryl methyl sites for hydroxylation is 1. The van der Waals surface area contributed by atoms with E-state index in [9.17, 15) is 9.90 Å². The maximum atomic E-state index is 11.3. The van der Waals surface area contributed by atoms with Gasteiger partial charge in [-0.3, -0.25) is 0 Å². The van der Waals surface area contributed by atoms with Gasteiger partial charge in [-0.25, -0.2) is 9.31 Å². The largest absolute Gasteiger partial charge is 0.478 e. The summed E-state index contributed by atoms with van der Waals surface area (Å²) in [6.07, 6.45) is 5.98. The Labute approximate surface area is 124 Å². The number of aromatic nitrogens is 2. The third-order valence-electron chi connectivity index (χ3n) is 4.14. The van der Waals surface area contributed by atoms with E-state index in [1.165, 1.54) is 30.3 Å². The van der Waals surface area contributed by atoms with Gasteiger partial charge in [0.15, 0.2) is 0 Å². The molecule has 4 heteroatoms. The molecule has 1 saturated carbocycles. The van der Waals surface area contributed by atoms with Crippen molar-refractivity contribution >= 4 is 11.5 Å². The quantitative estimate of drug-likeness (QED) is 0.927. The average Bonchev–Trinajstić information content (AvgIpc) is 3.12. The number of rotatable bonds is 4. The molecule has 2 aromatic heterocycles. The molecule has 4 nitrogen and oxygen atoms in total. The molecule has 3 rings (SSSR count). The zero-order chi connectivity index (χ0) is 15.2. The van der Waals surface area contributed by atoms with Gasteiger partial charge in [-0.15, -0.1) is 0 Å². The van der Waals surface area contributed by atoms with Crippen molar-refractivity contribution in [3.8, 4) is 0 Å². The first-order valence-electron chi connectivity index (χ1n) is 7.59. The van der Waals surface area contributed by atoms with Crippen LogP contribution in [0.15, 0.2) is 18.3 Å². The molecule has 112 valence electrons. The van der Waals surface area contributed by atoms with Gasteiger partial charge in [0, 0.05) is 11.6 Å². The lowest BCUT2D eigenvalue weighted by Crippen LogP contribution is -2.10. The molecule has 0 aliphatic heterocycles. The normalized spacial score (nSPS) is 15.6. The molecule has 0 amide bonds. The zero-order valence-corrected chi connectivity index (χ0v) is 12.9. The lowest BCUT2D eigenvalue weighted by atomic mass is 9.88. The molecule has 0 aromatic carbocycles. The molecule has 0 spiro atoms. The number of fused-ring (bicyclic) bond motifs is 1. The number of hydrogen-bond acceptors (Lipinski definition) is 2. The molecule has 0 bridgehead atoms. The Bertz CT molecular complexity index is 691. The average molecular weight is 286 g/mol. The third kappa shape index (κ3) is 2.80. The van der Waals surface area contributed by atoms with Crippen LogP contribution in [-0.2, 0) is 6.42 Å². The second kappa shape index (κ2) is 4.86. The number of hydrogen-bond donors (Lipinski definition) is 1. The summed E-state index contributed by atoms with van der Waals surface area (Å²) in [4.78, 5) is 11.3. The van der Waals surface area contributed by atoms with E-state index in [-0.39, 0.29) is 0 Å². The van der Waals surface area contributed by atoms with Crippen LogP contribution in [0, 0.1) is 5.41 Å². The number of carbonyl (C=O) groups is 1. The van der Waals surface area contributed by atoms with Crippen molar-refractivity contribution in [2.75, 3.05) is 0 Å². The number of aromatic carboxylic acids is 1. The van der Waals surface area contributed by atoms with Crippen molar-refractivity contribution < 1.29 is 9.90 Å². The molecular formula is C17H22N2O2. The zero-order valence-electron chi connectivity index (χ0n) is 12.9. The van der Waals surface area contributed by atoms with Gasteiger partial charge in [0.1, 0.15) is 5.56 Å². The summed E-state index contributed by atoms with van der Waals surface area (Å²) in [6.45, 7) is 6.75. The van der Waals surface area contributed by atoms with E-state index in [1.54, 1.807) is 0 Å². The predicted octanol–water partition coefficient (Wildman–Crippen LogP) is 3.89. The first-order valence-corrected chi connectivity index (χ1v) is 7.59. The Hall–Kier alpha value is -1.84. The van der Waals surface area contributed by atoms with Gasteiger partial charge in [0.2, 0.25) is 0 Å². The summed E-state index contributed by atoms with van der Waals surface area (Å²) < 4.78 is 1.86. The van der Waals surface area contributed by atoms with Gasteiger partial charge < -0.3 is 5.11 Å². The minimum atomic E-state index is -0.908. The highest BCUT2D eigenvalue weighted by Gasteiger charge is 2.30. The second-order valence-electron chi connectivity index (χ2n) is 7.24. The van der Waals surface area contributed by atoms with Crippen LogP contribution >= 0.6 is 0 Å². The Morgan fingerprint density at radius 2 is 2.10 bits per heavy atom. The van der Waals surface area contributed by atoms with E-state index in [1.807, 2.05) is 10.6 Å². The van der Waals surface area contributed by atoms with Gasteiger partial charge in [-0.1, -0.05) is 26.8 Å². The summed E-state index contributed by atoms with van der Waals surface area (Å²) in [5.74, 6) is -0.362. The molecule has 21 heavy (non-hydrogen) atoms. The van der Waals surface area contributed by atoms with E-state index in [2.05, 4.69) is 31.9 Å². The SMILES string of the molecule is CC(C)(C)CCc1ccc2c(C(=O)O)cnn2c1C1CC1. The van der Waals surface area contributed by atoms with E-state index >= 15 is 0 Å². The van der Waals surface area contributed by atoms with E-state index < -0.39 is 5.97 Å². The van der Waals surface area contributed by atoms with Gasteiger partial charge in [0.05, 0.1) is 11.7 Å². The Morgan fingerprint density at radius 1 is 1.38 bits per heavy atom. The van der Waals surface area contributed by atoms with Crippen LogP contribution in [0.3, 0.4) is 0 Å². The van der Waals surface area contributed by atoms with E-state index in [0.29, 0.717) is 22.4 Å². The maximum absolute atomic E-state index is 11.3. The first kappa shape index (κ1) is 14.1. The molecule has 0 unspecified atom stereocenters. The fraction of sp³-hybridized carbons (Fsp3) is 0.529. The molecule has 1 fully saturated rings. The van der Waals surface area contributed by atoms with Gasteiger partial charge in [-0.05, 0) is 42.7 Å². The van der Waals surface area contributed by atoms with E-state index in [0.717, 1.165) is 12.8 Å². The van der Waals surface area contributed by atoms with Crippen molar-refractivity contribution in [2.24, 2.45) is 5.41 Å². The lowest BCUT2D eigenvalue weighted by Gasteiger charge is -2.19. The molecular weight excluding hydrogens is 264 g/mol. The number of pyridine rings is 1. The highest BCUT2D eigenvalue weighted by Crippen LogP contribution is 2.42. The summed E-state index contributed by atoms with van der Waals surface area (Å²) in [5.41, 5.74) is 3.85. The monoisotopic (exact) mass is 286 g/mol. The molecule has 2 aromatic rings. The van der Waals surface area contributed by atoms with Gasteiger partial charge in [-0.2, -0.15) is 5.10 Å². The van der Waals surface area contributed by atoms with Crippen LogP contribution in [0.5, 0.6) is 0 Å². The lowest BCUT2D eigenvalue weighted by molar-refractivity contribution is 0.0699. The number of nitrogens with zero attached hydrogens (tertiary/aromatic N) is 2. The minimum Gasteiger partial charge on any atom is -0.478 e. The van der Waals surface area contributed by atoms with Crippen LogP contribution in [-0.4, -0.2) is 20.7 Å². The Balaban J connectivity index is 2.05. The smallest absolute Gasteiger partial charge is 0.339 e. The van der Waals surface area contributed by atoms with Gasteiger partial charge in [0.25, 0.3) is 0 Å². The molecule has 1 aliphatic carbocycles. The van der Waals surface area contributed by atoms with Crippen LogP contribution < -0.4 is 0 Å². The molecule has 0 atom stereocenters. The van der Waals surface area contributed by atoms with Crippen molar-refractivity contribution in [3.63, 3.8) is 0 Å². The van der Waals surface area contributed by atoms with Crippen molar-refractivity contribution in [1.29, 1.82) is 0 Å². The van der Waals surface area contributed by atoms with Crippen molar-refractivity contribution in [1.82, 2.24) is 9.61 Å². The summed E-state index contributed by atoms with van der Waals surface area (Å²) in [7, 11) is 0. The highest BCUT2D eigenvalue weighted by molar-refractivity contribution is 5.95. The van der Waals surface area contributed by atoms with Crippen LogP contribution in [0.25, 0.3) is 5.52 Å². The van der Waals surface area contributed by atoms with Crippen LogP contribution in [0.1, 0.15) is 67.6 Å². The Kier molecular flexibility index (Phi) is 3.27. The summed E-state index contributed by atoms with van der Waals surface area (Å²) >= 11 is 0. The number of carboxylic acids is 1. The molecule has 0 saturated heterocycles. The molecule has 1 N–H and O–H groups in total. The van der Waals surface area contributed by atoms with Crippen LogP contribution in [0.2, 0.25) is 0 Å². The van der Waals surface area contributed by atoms with E-state index in [4.69, 9.17) is 0 Å². The first-order chi connectivity index (χ1) is 9.87. The second-order valence-corrected chi connectivity index (χ2v) is 7.24. The molecule has 1 aliphatic rings. The van der Waals surface area contributed by atoms with Gasteiger partial charge >= 0.3 is 5.97 Å². The predicted molar refractivity (Wildman–Crippen MR) is 81.9 cm³/mol. The summed E-state index contributed by atoms with van der Waals surface area (Å²) in [5, 5.41) is 13.6. The fourth-order valence-corrected chi connectivity index (χ4v) is 2.79.